The van der Waals surface area contributed by atoms with Crippen LogP contribution in [0.2, 0.25) is 10.0 Å². The highest BCUT2D eigenvalue weighted by atomic mass is 35.5. The summed E-state index contributed by atoms with van der Waals surface area (Å²) < 4.78 is 0. The Bertz CT molecular complexity index is 396. The third-order valence-electron chi connectivity index (χ3n) is 4.14. The van der Waals surface area contributed by atoms with E-state index in [2.05, 4.69) is 11.9 Å². The molecular formula is C15H22Cl2N2. The Balaban J connectivity index is 2.17. The van der Waals surface area contributed by atoms with E-state index < -0.39 is 0 Å². The van der Waals surface area contributed by atoms with E-state index in [1.807, 2.05) is 12.1 Å². The molecule has 0 aromatic heterocycles. The molecule has 0 saturated heterocycles. The number of hydrogen-bond acceptors (Lipinski definition) is 2. The predicted octanol–water partition coefficient (Wildman–Crippen LogP) is 4.26. The van der Waals surface area contributed by atoms with E-state index in [1.54, 1.807) is 6.07 Å². The second kappa shape index (κ2) is 6.94. The molecule has 0 radical (unpaired) electrons. The lowest BCUT2D eigenvalue weighted by Gasteiger charge is -2.37. The maximum absolute atomic E-state index is 6.10. The van der Waals surface area contributed by atoms with Gasteiger partial charge >= 0.3 is 0 Å². The van der Waals surface area contributed by atoms with Gasteiger partial charge in [0.05, 0.1) is 0 Å². The summed E-state index contributed by atoms with van der Waals surface area (Å²) in [6.07, 6.45) is 6.54. The molecule has 2 nitrogen and oxygen atoms in total. The van der Waals surface area contributed by atoms with Crippen LogP contribution < -0.4 is 5.73 Å². The highest BCUT2D eigenvalue weighted by Crippen LogP contribution is 2.31. The topological polar surface area (TPSA) is 29.3 Å². The molecular weight excluding hydrogens is 279 g/mol. The Morgan fingerprint density at radius 2 is 1.74 bits per heavy atom. The largest absolute Gasteiger partial charge is 0.329 e. The van der Waals surface area contributed by atoms with E-state index in [0.717, 1.165) is 5.56 Å². The zero-order chi connectivity index (χ0) is 13.8. The van der Waals surface area contributed by atoms with E-state index in [4.69, 9.17) is 28.9 Å². The zero-order valence-electron chi connectivity index (χ0n) is 11.4. The van der Waals surface area contributed by atoms with Crippen molar-refractivity contribution in [2.45, 2.75) is 44.2 Å². The third kappa shape index (κ3) is 3.85. The van der Waals surface area contributed by atoms with Gasteiger partial charge < -0.3 is 5.73 Å². The second-order valence-electron chi connectivity index (χ2n) is 5.41. The molecule has 1 fully saturated rings. The van der Waals surface area contributed by atoms with Gasteiger partial charge in [0.25, 0.3) is 0 Å². The lowest BCUT2D eigenvalue weighted by Crippen LogP contribution is -2.39. The fourth-order valence-electron chi connectivity index (χ4n) is 3.05. The average Bonchev–Trinajstić information content (AvgIpc) is 2.39. The molecule has 1 saturated carbocycles. The third-order valence-corrected chi connectivity index (χ3v) is 4.57. The van der Waals surface area contributed by atoms with Crippen LogP contribution in [0, 0.1) is 0 Å². The van der Waals surface area contributed by atoms with Crippen LogP contribution in [0.3, 0.4) is 0 Å². The summed E-state index contributed by atoms with van der Waals surface area (Å²) in [5.74, 6) is 0. The van der Waals surface area contributed by atoms with Gasteiger partial charge in [0.2, 0.25) is 0 Å². The summed E-state index contributed by atoms with van der Waals surface area (Å²) in [6.45, 7) is 0.587. The summed E-state index contributed by atoms with van der Waals surface area (Å²) in [5, 5.41) is 1.36. The summed E-state index contributed by atoms with van der Waals surface area (Å²) in [7, 11) is 2.17. The van der Waals surface area contributed by atoms with Crippen molar-refractivity contribution < 1.29 is 0 Å². The van der Waals surface area contributed by atoms with Crippen molar-refractivity contribution in [1.29, 1.82) is 0 Å². The van der Waals surface area contributed by atoms with E-state index in [0.29, 0.717) is 22.6 Å². The van der Waals surface area contributed by atoms with Crippen LogP contribution in [0.5, 0.6) is 0 Å². The van der Waals surface area contributed by atoms with E-state index >= 15 is 0 Å². The van der Waals surface area contributed by atoms with Crippen molar-refractivity contribution in [3.63, 3.8) is 0 Å². The van der Waals surface area contributed by atoms with Gasteiger partial charge in [-0.25, -0.2) is 0 Å². The lowest BCUT2D eigenvalue weighted by molar-refractivity contribution is 0.141. The number of rotatable bonds is 4. The summed E-state index contributed by atoms with van der Waals surface area (Å²) in [4.78, 5) is 2.40. The van der Waals surface area contributed by atoms with Gasteiger partial charge in [-0.05, 0) is 43.7 Å². The molecule has 106 valence electrons. The molecule has 0 spiro atoms. The van der Waals surface area contributed by atoms with E-state index in [-0.39, 0.29) is 6.04 Å². The minimum atomic E-state index is 0.194. The van der Waals surface area contributed by atoms with Crippen LogP contribution in [0.25, 0.3) is 0 Å². The molecule has 2 rings (SSSR count). The molecule has 1 atom stereocenters. The Hall–Kier alpha value is -0.280. The fraction of sp³-hybridized carbons (Fsp3) is 0.600. The van der Waals surface area contributed by atoms with Crippen LogP contribution >= 0.6 is 23.2 Å². The number of halogens is 2. The highest BCUT2D eigenvalue weighted by molar-refractivity contribution is 6.34. The molecule has 1 aliphatic carbocycles. The Labute approximate surface area is 125 Å². The maximum atomic E-state index is 6.10. The number of nitrogens with zero attached hydrogens (tertiary/aromatic N) is 1. The standard InChI is InChI=1S/C15H22Cl2N2/c1-19(14-5-3-2-4-6-14)15(10-18)11-7-12(16)9-13(17)8-11/h7-9,14-15H,2-6,10,18H2,1H3. The molecule has 1 aliphatic rings. The van der Waals surface area contributed by atoms with Crippen molar-refractivity contribution in [3.8, 4) is 0 Å². The van der Waals surface area contributed by atoms with Crippen molar-refractivity contribution in [2.75, 3.05) is 13.6 Å². The normalized spacial score (nSPS) is 18.8. The SMILES string of the molecule is CN(C1CCCCC1)C(CN)c1cc(Cl)cc(Cl)c1. The van der Waals surface area contributed by atoms with Gasteiger partial charge in [0.15, 0.2) is 0 Å². The highest BCUT2D eigenvalue weighted by Gasteiger charge is 2.25. The summed E-state index contributed by atoms with van der Waals surface area (Å²) in [5.41, 5.74) is 7.10. The summed E-state index contributed by atoms with van der Waals surface area (Å²) >= 11 is 12.2. The molecule has 2 N–H and O–H groups in total. The van der Waals surface area contributed by atoms with Crippen LogP contribution in [-0.2, 0) is 0 Å². The molecule has 0 amide bonds. The monoisotopic (exact) mass is 300 g/mol. The molecule has 19 heavy (non-hydrogen) atoms. The van der Waals surface area contributed by atoms with Gasteiger partial charge in [-0.3, -0.25) is 4.90 Å². The van der Waals surface area contributed by atoms with Gasteiger partial charge in [-0.1, -0.05) is 42.5 Å². The number of nitrogens with two attached hydrogens (primary N) is 1. The van der Waals surface area contributed by atoms with Gasteiger partial charge in [-0.15, -0.1) is 0 Å². The molecule has 1 unspecified atom stereocenters. The molecule has 1 aromatic rings. The van der Waals surface area contributed by atoms with Crippen LogP contribution in [0.1, 0.15) is 43.7 Å². The van der Waals surface area contributed by atoms with Crippen molar-refractivity contribution in [3.05, 3.63) is 33.8 Å². The zero-order valence-corrected chi connectivity index (χ0v) is 12.9. The van der Waals surface area contributed by atoms with Crippen LogP contribution in [0.4, 0.5) is 0 Å². The van der Waals surface area contributed by atoms with Crippen molar-refractivity contribution in [1.82, 2.24) is 4.90 Å². The first kappa shape index (κ1) is 15.1. The Kier molecular flexibility index (Phi) is 5.52. The minimum absolute atomic E-state index is 0.194. The smallest absolute Gasteiger partial charge is 0.0471 e. The number of hydrogen-bond donors (Lipinski definition) is 1. The molecule has 4 heteroatoms. The number of likely N-dealkylation sites (N-methyl/N-ethyl adjacent to an activating group) is 1. The lowest BCUT2D eigenvalue weighted by atomic mass is 9.92. The second-order valence-corrected chi connectivity index (χ2v) is 6.28. The first-order valence-electron chi connectivity index (χ1n) is 7.00. The van der Waals surface area contributed by atoms with Crippen molar-refractivity contribution >= 4 is 23.2 Å². The quantitative estimate of drug-likeness (QED) is 0.900. The molecule has 0 aliphatic heterocycles. The fourth-order valence-corrected chi connectivity index (χ4v) is 3.59. The van der Waals surface area contributed by atoms with Gasteiger partial charge in [0, 0.05) is 28.7 Å². The van der Waals surface area contributed by atoms with E-state index in [9.17, 15) is 0 Å². The minimum Gasteiger partial charge on any atom is -0.329 e. The van der Waals surface area contributed by atoms with Crippen molar-refractivity contribution in [2.24, 2.45) is 5.73 Å². The first-order valence-corrected chi connectivity index (χ1v) is 7.75. The Morgan fingerprint density at radius 1 is 1.16 bits per heavy atom. The first-order chi connectivity index (χ1) is 9.11. The van der Waals surface area contributed by atoms with Gasteiger partial charge in [0.1, 0.15) is 0 Å². The van der Waals surface area contributed by atoms with Crippen LogP contribution in [-0.4, -0.2) is 24.5 Å². The van der Waals surface area contributed by atoms with E-state index in [1.165, 1.54) is 32.1 Å². The number of benzene rings is 1. The Morgan fingerprint density at radius 3 is 2.26 bits per heavy atom. The average molecular weight is 301 g/mol. The van der Waals surface area contributed by atoms with Gasteiger partial charge in [-0.2, -0.15) is 0 Å². The summed E-state index contributed by atoms with van der Waals surface area (Å²) in [6, 6.07) is 6.54. The van der Waals surface area contributed by atoms with Crippen LogP contribution in [0.15, 0.2) is 18.2 Å². The molecule has 0 bridgehead atoms. The predicted molar refractivity (Wildman–Crippen MR) is 82.9 cm³/mol. The molecule has 1 aromatic carbocycles. The maximum Gasteiger partial charge on any atom is 0.0471 e. The molecule has 0 heterocycles.